The molecule has 3 rings (SSSR count). The summed E-state index contributed by atoms with van der Waals surface area (Å²) < 4.78 is 11.6. The van der Waals surface area contributed by atoms with E-state index in [2.05, 4.69) is 18.8 Å². The van der Waals surface area contributed by atoms with Crippen LogP contribution in [-0.2, 0) is 6.61 Å². The largest absolute Gasteiger partial charge is 0.492 e. The van der Waals surface area contributed by atoms with Gasteiger partial charge in [-0.25, -0.2) is 4.98 Å². The van der Waals surface area contributed by atoms with E-state index in [1.807, 2.05) is 24.3 Å². The quantitative estimate of drug-likeness (QED) is 0.886. The van der Waals surface area contributed by atoms with Crippen LogP contribution < -0.4 is 20.9 Å². The summed E-state index contributed by atoms with van der Waals surface area (Å²) in [6.07, 6.45) is 2.71. The van der Waals surface area contributed by atoms with Gasteiger partial charge in [0.25, 0.3) is 0 Å². The number of aromatic nitrogens is 1. The van der Waals surface area contributed by atoms with Crippen LogP contribution >= 0.6 is 0 Å². The van der Waals surface area contributed by atoms with Crippen LogP contribution in [0.2, 0.25) is 0 Å². The van der Waals surface area contributed by atoms with Gasteiger partial charge in [0.15, 0.2) is 0 Å². The number of nitrogen functional groups attached to an aromatic ring is 1. The second kappa shape index (κ2) is 6.46. The number of benzene rings is 1. The van der Waals surface area contributed by atoms with Crippen molar-refractivity contribution < 1.29 is 9.47 Å². The third-order valence-electron chi connectivity index (χ3n) is 3.87. The van der Waals surface area contributed by atoms with Crippen molar-refractivity contribution in [2.24, 2.45) is 11.7 Å². The molecule has 5 heteroatoms. The van der Waals surface area contributed by atoms with Gasteiger partial charge >= 0.3 is 0 Å². The van der Waals surface area contributed by atoms with Gasteiger partial charge < -0.3 is 20.9 Å². The average Bonchev–Trinajstić information content (AvgIpc) is 2.51. The van der Waals surface area contributed by atoms with Gasteiger partial charge in [-0.15, -0.1) is 0 Å². The molecular weight excluding hydrogens is 290 g/mol. The number of nitrogens with zero attached hydrogens (tertiary/aromatic N) is 1. The minimum absolute atomic E-state index is 0.0403. The molecule has 0 saturated carbocycles. The monoisotopic (exact) mass is 313 g/mol. The lowest BCUT2D eigenvalue weighted by Gasteiger charge is -2.22. The molecule has 2 aromatic rings. The summed E-state index contributed by atoms with van der Waals surface area (Å²) in [6, 6.07) is 7.78. The van der Waals surface area contributed by atoms with E-state index < -0.39 is 0 Å². The summed E-state index contributed by atoms with van der Waals surface area (Å²) in [5.41, 5.74) is 15.0. The minimum Gasteiger partial charge on any atom is -0.492 e. The van der Waals surface area contributed by atoms with Crippen molar-refractivity contribution in [3.63, 3.8) is 0 Å². The second-order valence-corrected chi connectivity index (χ2v) is 6.41. The number of pyridine rings is 1. The normalized spacial score (nSPS) is 13.9. The Bertz CT molecular complexity index is 701. The second-order valence-electron chi connectivity index (χ2n) is 6.41. The van der Waals surface area contributed by atoms with Crippen LogP contribution in [0, 0.1) is 5.92 Å². The van der Waals surface area contributed by atoms with Crippen LogP contribution in [0.15, 0.2) is 30.5 Å². The number of rotatable bonds is 5. The lowest BCUT2D eigenvalue weighted by atomic mass is 9.98. The topological polar surface area (TPSA) is 83.4 Å². The van der Waals surface area contributed by atoms with Crippen molar-refractivity contribution >= 4 is 5.82 Å². The van der Waals surface area contributed by atoms with Crippen molar-refractivity contribution in [2.45, 2.75) is 32.9 Å². The van der Waals surface area contributed by atoms with E-state index in [0.717, 1.165) is 34.6 Å². The van der Waals surface area contributed by atoms with Crippen LogP contribution in [0.4, 0.5) is 5.82 Å². The molecule has 0 unspecified atom stereocenters. The number of anilines is 1. The fourth-order valence-corrected chi connectivity index (χ4v) is 2.83. The van der Waals surface area contributed by atoms with E-state index in [1.54, 1.807) is 6.20 Å². The van der Waals surface area contributed by atoms with E-state index >= 15 is 0 Å². The van der Waals surface area contributed by atoms with Gasteiger partial charge in [0.2, 0.25) is 0 Å². The van der Waals surface area contributed by atoms with Gasteiger partial charge in [0.05, 0.1) is 0 Å². The third-order valence-corrected chi connectivity index (χ3v) is 3.87. The average molecular weight is 313 g/mol. The Kier molecular flexibility index (Phi) is 4.39. The molecule has 0 fully saturated rings. The smallest absolute Gasteiger partial charge is 0.131 e. The van der Waals surface area contributed by atoms with E-state index in [0.29, 0.717) is 24.9 Å². The number of hydrogen-bond acceptors (Lipinski definition) is 5. The molecule has 23 heavy (non-hydrogen) atoms. The zero-order chi connectivity index (χ0) is 16.4. The van der Waals surface area contributed by atoms with E-state index in [9.17, 15) is 0 Å². The Morgan fingerprint density at radius 3 is 2.87 bits per heavy atom. The molecule has 2 heterocycles. The fourth-order valence-electron chi connectivity index (χ4n) is 2.83. The summed E-state index contributed by atoms with van der Waals surface area (Å²) in [5, 5.41) is 0. The molecule has 0 bridgehead atoms. The third kappa shape index (κ3) is 3.56. The molecule has 1 aromatic carbocycles. The highest BCUT2D eigenvalue weighted by atomic mass is 16.5. The molecule has 1 atom stereocenters. The molecule has 0 amide bonds. The first kappa shape index (κ1) is 15.6. The Hall–Kier alpha value is -2.27. The van der Waals surface area contributed by atoms with Crippen LogP contribution in [0.5, 0.6) is 11.5 Å². The number of nitrogens with two attached hydrogens (primary N) is 2. The van der Waals surface area contributed by atoms with Crippen LogP contribution in [0.1, 0.15) is 25.8 Å². The lowest BCUT2D eigenvalue weighted by molar-refractivity contribution is 0.265. The van der Waals surface area contributed by atoms with Gasteiger partial charge in [0.1, 0.15) is 30.5 Å². The number of hydrogen-bond donors (Lipinski definition) is 2. The first-order chi connectivity index (χ1) is 11.0. The summed E-state index contributed by atoms with van der Waals surface area (Å²) in [7, 11) is 0. The summed E-state index contributed by atoms with van der Waals surface area (Å²) in [5.74, 6) is 2.65. The lowest BCUT2D eigenvalue weighted by Crippen LogP contribution is -2.29. The van der Waals surface area contributed by atoms with Gasteiger partial charge in [-0.1, -0.05) is 13.8 Å². The highest BCUT2D eigenvalue weighted by Crippen LogP contribution is 2.39. The first-order valence-electron chi connectivity index (χ1n) is 7.93. The van der Waals surface area contributed by atoms with Crippen LogP contribution in [0.3, 0.4) is 0 Å². The molecule has 0 spiro atoms. The predicted octanol–water partition coefficient (Wildman–Crippen LogP) is 2.98. The van der Waals surface area contributed by atoms with Gasteiger partial charge in [-0.2, -0.15) is 0 Å². The Labute approximate surface area is 136 Å². The van der Waals surface area contributed by atoms with E-state index in [4.69, 9.17) is 20.9 Å². The molecule has 1 aliphatic heterocycles. The summed E-state index contributed by atoms with van der Waals surface area (Å²) in [6.45, 7) is 5.31. The molecule has 122 valence electrons. The molecule has 1 aromatic heterocycles. The molecule has 4 N–H and O–H groups in total. The molecule has 0 radical (unpaired) electrons. The fraction of sp³-hybridized carbons (Fsp3) is 0.389. The highest BCUT2D eigenvalue weighted by molar-refractivity contribution is 5.77. The molecular formula is C18H23N3O2. The van der Waals surface area contributed by atoms with Crippen molar-refractivity contribution in [3.8, 4) is 22.6 Å². The predicted molar refractivity (Wildman–Crippen MR) is 91.3 cm³/mol. The Morgan fingerprint density at radius 1 is 1.26 bits per heavy atom. The standard InChI is InChI=1S/C18H23N3O2/c1-11(2)5-13(19)10-22-14-3-4-15-16-7-18(20)21-8-12(16)9-23-17(15)6-14/h3-4,6-8,11,13H,5,9-10,19H2,1-2H3,(H2,20,21)/t13-/m0/s1. The highest BCUT2D eigenvalue weighted by Gasteiger charge is 2.19. The molecule has 0 saturated heterocycles. The molecule has 1 aliphatic rings. The van der Waals surface area contributed by atoms with Crippen LogP contribution in [0.25, 0.3) is 11.1 Å². The van der Waals surface area contributed by atoms with Crippen molar-refractivity contribution in [2.75, 3.05) is 12.3 Å². The zero-order valence-electron chi connectivity index (χ0n) is 13.6. The maximum absolute atomic E-state index is 6.06. The van der Waals surface area contributed by atoms with Crippen molar-refractivity contribution in [1.82, 2.24) is 4.98 Å². The van der Waals surface area contributed by atoms with Crippen LogP contribution in [-0.4, -0.2) is 17.6 Å². The van der Waals surface area contributed by atoms with Gasteiger partial charge in [-0.3, -0.25) is 0 Å². The van der Waals surface area contributed by atoms with E-state index in [1.165, 1.54) is 0 Å². The van der Waals surface area contributed by atoms with E-state index in [-0.39, 0.29) is 6.04 Å². The Morgan fingerprint density at radius 2 is 2.09 bits per heavy atom. The van der Waals surface area contributed by atoms with Crippen molar-refractivity contribution in [1.29, 1.82) is 0 Å². The molecule has 5 nitrogen and oxygen atoms in total. The SMILES string of the molecule is CC(C)C[C@H](N)COc1ccc2c(c1)OCc1cnc(N)cc1-2. The summed E-state index contributed by atoms with van der Waals surface area (Å²) >= 11 is 0. The maximum atomic E-state index is 6.06. The zero-order valence-corrected chi connectivity index (χ0v) is 13.6. The number of fused-ring (bicyclic) bond motifs is 3. The Balaban J connectivity index is 1.76. The summed E-state index contributed by atoms with van der Waals surface area (Å²) in [4.78, 5) is 4.11. The molecule has 0 aliphatic carbocycles. The first-order valence-corrected chi connectivity index (χ1v) is 7.93. The van der Waals surface area contributed by atoms with Gasteiger partial charge in [-0.05, 0) is 36.1 Å². The maximum Gasteiger partial charge on any atom is 0.131 e. The minimum atomic E-state index is 0.0403. The van der Waals surface area contributed by atoms with Gasteiger partial charge in [0, 0.05) is 29.4 Å². The van der Waals surface area contributed by atoms with Crippen molar-refractivity contribution in [3.05, 3.63) is 36.0 Å². The number of ether oxygens (including phenoxy) is 2.